The van der Waals surface area contributed by atoms with Gasteiger partial charge in [0.15, 0.2) is 16.5 Å². The van der Waals surface area contributed by atoms with E-state index in [1.165, 1.54) is 0 Å². The third kappa shape index (κ3) is 6.22. The third-order valence-corrected chi connectivity index (χ3v) is 8.92. The Balaban J connectivity index is 4.40. The van der Waals surface area contributed by atoms with Crippen molar-refractivity contribution >= 4 is 29.0 Å². The van der Waals surface area contributed by atoms with Crippen LogP contribution in [0.2, 0.25) is 39.3 Å². The summed E-state index contributed by atoms with van der Waals surface area (Å²) in [5, 5.41) is 4.65. The minimum absolute atomic E-state index is 0.645. The van der Waals surface area contributed by atoms with Crippen molar-refractivity contribution in [3.63, 3.8) is 0 Å². The molecule has 0 bridgehead atoms. The quantitative estimate of drug-likeness (QED) is 0.231. The summed E-state index contributed by atoms with van der Waals surface area (Å²) in [5.41, 5.74) is 0. The van der Waals surface area contributed by atoms with Crippen LogP contribution in [0.25, 0.3) is 0 Å². The van der Waals surface area contributed by atoms with Gasteiger partial charge in [0.25, 0.3) is 0 Å². The highest BCUT2D eigenvalue weighted by Gasteiger charge is 2.33. The highest BCUT2D eigenvalue weighted by molar-refractivity contribution is 6.89. The fraction of sp³-hybridized carbons (Fsp3) is 0.818. The molecular weight excluding hydrogens is 232 g/mol. The molecule has 0 aromatic carbocycles. The molecular formula is C11H26N2OSi2. The maximum atomic E-state index is 10.2. The lowest BCUT2D eigenvalue weighted by atomic mass is 10.3. The second-order valence-corrected chi connectivity index (χ2v) is 16.0. The predicted molar refractivity (Wildman–Crippen MR) is 76.9 cm³/mol. The van der Waals surface area contributed by atoms with Crippen molar-refractivity contribution in [2.75, 3.05) is 0 Å². The molecule has 0 unspecified atom stereocenters. The molecule has 0 atom stereocenters. The van der Waals surface area contributed by atoms with Gasteiger partial charge >= 0.3 is 0 Å². The van der Waals surface area contributed by atoms with Gasteiger partial charge in [-0.15, -0.1) is 0 Å². The van der Waals surface area contributed by atoms with Crippen LogP contribution in [0.3, 0.4) is 0 Å². The van der Waals surface area contributed by atoms with E-state index in [9.17, 15) is 4.79 Å². The van der Waals surface area contributed by atoms with Crippen LogP contribution in [0.15, 0.2) is 5.10 Å². The summed E-state index contributed by atoms with van der Waals surface area (Å²) in [7, 11) is -2.73. The average molecular weight is 259 g/mol. The summed E-state index contributed by atoms with van der Waals surface area (Å²) in [5.74, 6) is 0. The minimum atomic E-state index is -1.36. The first kappa shape index (κ1) is 15.6. The van der Waals surface area contributed by atoms with E-state index in [4.69, 9.17) is 0 Å². The molecule has 0 aliphatic rings. The van der Waals surface area contributed by atoms with Crippen molar-refractivity contribution in [3.05, 3.63) is 0 Å². The molecule has 0 heterocycles. The van der Waals surface area contributed by atoms with Crippen LogP contribution in [-0.4, -0.2) is 33.3 Å². The number of hydrazone groups is 1. The number of unbranched alkanes of at least 4 members (excludes halogenated alkanes) is 2. The van der Waals surface area contributed by atoms with Crippen molar-refractivity contribution < 1.29 is 4.79 Å². The Bertz CT molecular complexity index is 227. The number of hydrogen-bond acceptors (Lipinski definition) is 3. The molecule has 0 amide bonds. The molecule has 0 radical (unpaired) electrons. The molecule has 0 saturated heterocycles. The van der Waals surface area contributed by atoms with E-state index in [2.05, 4.69) is 48.7 Å². The van der Waals surface area contributed by atoms with Crippen LogP contribution in [-0.2, 0) is 4.79 Å². The lowest BCUT2D eigenvalue weighted by molar-refractivity contribution is -0.107. The van der Waals surface area contributed by atoms with Crippen molar-refractivity contribution in [2.24, 2.45) is 5.10 Å². The molecule has 0 aliphatic carbocycles. The van der Waals surface area contributed by atoms with E-state index in [0.717, 1.165) is 19.1 Å². The Kier molecular flexibility index (Phi) is 6.17. The van der Waals surface area contributed by atoms with Crippen molar-refractivity contribution in [1.29, 1.82) is 0 Å². The SMILES string of the molecule is C[Si](C)(C)N(/N=C/CCCC=O)[Si](C)(C)C. The van der Waals surface area contributed by atoms with Gasteiger partial charge in [0.05, 0.1) is 0 Å². The first-order valence-corrected chi connectivity index (χ1v) is 12.9. The predicted octanol–water partition coefficient (Wildman–Crippen LogP) is 3.31. The molecule has 0 rings (SSSR count). The second kappa shape index (κ2) is 6.34. The summed E-state index contributed by atoms with van der Waals surface area (Å²) in [6.07, 6.45) is 5.43. The van der Waals surface area contributed by atoms with Crippen LogP contribution in [0.4, 0.5) is 0 Å². The van der Waals surface area contributed by atoms with Crippen LogP contribution in [0.1, 0.15) is 19.3 Å². The molecule has 3 nitrogen and oxygen atoms in total. The van der Waals surface area contributed by atoms with Crippen LogP contribution in [0, 0.1) is 0 Å². The van der Waals surface area contributed by atoms with Gasteiger partial charge in [-0.25, -0.2) is 5.10 Å². The molecule has 0 aliphatic heterocycles. The Morgan fingerprint density at radius 3 is 1.88 bits per heavy atom. The Hall–Kier alpha value is -0.426. The van der Waals surface area contributed by atoms with Gasteiger partial charge in [-0.05, 0) is 12.8 Å². The molecule has 0 saturated carbocycles. The normalized spacial score (nSPS) is 13.1. The summed E-state index contributed by atoms with van der Waals surface area (Å²) >= 11 is 0. The largest absolute Gasteiger partial charge is 0.350 e. The van der Waals surface area contributed by atoms with E-state index in [1.54, 1.807) is 0 Å². The van der Waals surface area contributed by atoms with Gasteiger partial charge in [0.2, 0.25) is 0 Å². The molecule has 0 N–H and O–H groups in total. The first-order valence-electron chi connectivity index (χ1n) is 5.96. The van der Waals surface area contributed by atoms with E-state index >= 15 is 0 Å². The van der Waals surface area contributed by atoms with Crippen molar-refractivity contribution in [2.45, 2.75) is 58.5 Å². The van der Waals surface area contributed by atoms with Crippen molar-refractivity contribution in [1.82, 2.24) is 4.34 Å². The molecule has 16 heavy (non-hydrogen) atoms. The van der Waals surface area contributed by atoms with Gasteiger partial charge in [-0.3, -0.25) is 0 Å². The molecule has 0 aromatic rings. The lowest BCUT2D eigenvalue weighted by Crippen LogP contribution is -2.55. The topological polar surface area (TPSA) is 32.7 Å². The van der Waals surface area contributed by atoms with E-state index in [1.807, 2.05) is 6.21 Å². The minimum Gasteiger partial charge on any atom is -0.350 e. The number of carbonyl (C=O) groups is 1. The summed E-state index contributed by atoms with van der Waals surface area (Å²) in [6, 6.07) is 0. The zero-order valence-electron chi connectivity index (χ0n) is 11.6. The van der Waals surface area contributed by atoms with Crippen LogP contribution < -0.4 is 0 Å². The smallest absolute Gasteiger partial charge is 0.158 e. The van der Waals surface area contributed by atoms with E-state index < -0.39 is 16.5 Å². The summed E-state index contributed by atoms with van der Waals surface area (Å²) in [4.78, 5) is 10.2. The number of nitrogens with zero attached hydrogens (tertiary/aromatic N) is 2. The number of rotatable bonds is 7. The first-order chi connectivity index (χ1) is 7.19. The number of carbonyl (C=O) groups excluding carboxylic acids is 1. The second-order valence-electron chi connectivity index (χ2n) is 6.05. The van der Waals surface area contributed by atoms with Gasteiger partial charge < -0.3 is 9.13 Å². The molecule has 5 heteroatoms. The molecule has 0 spiro atoms. The van der Waals surface area contributed by atoms with Gasteiger partial charge in [0.1, 0.15) is 6.29 Å². The fourth-order valence-corrected chi connectivity index (χ4v) is 10.7. The van der Waals surface area contributed by atoms with Crippen LogP contribution in [0.5, 0.6) is 0 Å². The Morgan fingerprint density at radius 2 is 1.50 bits per heavy atom. The average Bonchev–Trinajstić information content (AvgIpc) is 2.06. The molecule has 0 fully saturated rings. The molecule has 0 aromatic heterocycles. The summed E-state index contributed by atoms with van der Waals surface area (Å²) < 4.78 is 2.39. The maximum absolute atomic E-state index is 10.2. The Morgan fingerprint density at radius 1 is 1.00 bits per heavy atom. The van der Waals surface area contributed by atoms with E-state index in [0.29, 0.717) is 6.42 Å². The zero-order valence-corrected chi connectivity index (χ0v) is 13.6. The maximum Gasteiger partial charge on any atom is 0.158 e. The Labute approximate surface area is 102 Å². The van der Waals surface area contributed by atoms with Crippen molar-refractivity contribution in [3.8, 4) is 0 Å². The molecule has 94 valence electrons. The monoisotopic (exact) mass is 258 g/mol. The highest BCUT2D eigenvalue weighted by atomic mass is 28.4. The zero-order chi connectivity index (χ0) is 12.8. The third-order valence-electron chi connectivity index (χ3n) is 2.12. The van der Waals surface area contributed by atoms with Gasteiger partial charge in [-0.1, -0.05) is 39.3 Å². The highest BCUT2D eigenvalue weighted by Crippen LogP contribution is 2.19. The van der Waals surface area contributed by atoms with Gasteiger partial charge in [0, 0.05) is 12.6 Å². The number of hydrogen-bond donors (Lipinski definition) is 0. The van der Waals surface area contributed by atoms with Crippen LogP contribution >= 0.6 is 0 Å². The van der Waals surface area contributed by atoms with E-state index in [-0.39, 0.29) is 0 Å². The number of aldehydes is 1. The standard InChI is InChI=1S/C11H26N2OSi2/c1-15(2,3)13(16(4,5)6)12-10-8-7-9-11-14/h10-11H,7-9H2,1-6H3/b12-10+. The van der Waals surface area contributed by atoms with Gasteiger partial charge in [-0.2, -0.15) is 0 Å². The fourth-order valence-electron chi connectivity index (χ4n) is 1.78. The summed E-state index contributed by atoms with van der Waals surface area (Å²) in [6.45, 7) is 14.0. The lowest BCUT2D eigenvalue weighted by Gasteiger charge is -2.41.